The van der Waals surface area contributed by atoms with Crippen LogP contribution in [-0.4, -0.2) is 5.11 Å². The van der Waals surface area contributed by atoms with Gasteiger partial charge in [0.15, 0.2) is 0 Å². The first kappa shape index (κ1) is 22.2. The van der Waals surface area contributed by atoms with Crippen LogP contribution in [0.15, 0.2) is 108 Å². The number of benzene rings is 4. The van der Waals surface area contributed by atoms with Crippen molar-refractivity contribution in [3.05, 3.63) is 131 Å². The Bertz CT molecular complexity index is 1070. The molecule has 2 heteroatoms. The molecule has 0 spiro atoms. The number of thioether (sulfide) groups is 1. The zero-order valence-corrected chi connectivity index (χ0v) is 19.7. The Labute approximate surface area is 196 Å². The highest BCUT2D eigenvalue weighted by Crippen LogP contribution is 2.44. The molecule has 0 bridgehead atoms. The van der Waals surface area contributed by atoms with E-state index in [0.717, 1.165) is 11.1 Å². The lowest BCUT2D eigenvalue weighted by Gasteiger charge is -2.23. The van der Waals surface area contributed by atoms with Gasteiger partial charge in [0.25, 0.3) is 0 Å². The van der Waals surface area contributed by atoms with Crippen LogP contribution in [0.25, 0.3) is 0 Å². The third-order valence-electron chi connectivity index (χ3n) is 6.26. The molecule has 0 aromatic heterocycles. The van der Waals surface area contributed by atoms with Gasteiger partial charge in [-0.1, -0.05) is 105 Å². The summed E-state index contributed by atoms with van der Waals surface area (Å²) in [6.07, 6.45) is 0. The third kappa shape index (κ3) is 4.92. The average Bonchev–Trinajstić information content (AvgIpc) is 2.85. The first-order valence-electron chi connectivity index (χ1n) is 11.2. The highest BCUT2D eigenvalue weighted by atomic mass is 32.2. The quantitative estimate of drug-likeness (QED) is 0.292. The summed E-state index contributed by atoms with van der Waals surface area (Å²) in [6.45, 7) is 6.60. The molecule has 0 aliphatic carbocycles. The SMILES string of the molecule is CC(Sc1cc(C(C)c2ccccc2)c(O)c(C(C)c2ccccc2)c1)c1ccccc1. The van der Waals surface area contributed by atoms with Gasteiger partial charge in [0, 0.05) is 33.1 Å². The minimum absolute atomic E-state index is 0.102. The lowest BCUT2D eigenvalue weighted by molar-refractivity contribution is 0.456. The molecule has 1 N–H and O–H groups in total. The Kier molecular flexibility index (Phi) is 7.02. The van der Waals surface area contributed by atoms with Gasteiger partial charge in [-0.05, 0) is 35.7 Å². The van der Waals surface area contributed by atoms with Crippen molar-refractivity contribution in [1.82, 2.24) is 0 Å². The summed E-state index contributed by atoms with van der Waals surface area (Å²) in [5, 5.41) is 11.7. The highest BCUT2D eigenvalue weighted by molar-refractivity contribution is 7.99. The van der Waals surface area contributed by atoms with E-state index >= 15 is 0 Å². The summed E-state index contributed by atoms with van der Waals surface area (Å²) in [6, 6.07) is 35.8. The van der Waals surface area contributed by atoms with Gasteiger partial charge >= 0.3 is 0 Å². The van der Waals surface area contributed by atoms with Gasteiger partial charge in [-0.15, -0.1) is 11.8 Å². The van der Waals surface area contributed by atoms with E-state index in [-0.39, 0.29) is 11.8 Å². The second kappa shape index (κ2) is 10.1. The minimum Gasteiger partial charge on any atom is -0.507 e. The molecule has 3 atom stereocenters. The van der Waals surface area contributed by atoms with Crippen molar-refractivity contribution in [2.75, 3.05) is 0 Å². The fraction of sp³-hybridized carbons (Fsp3) is 0.200. The fourth-order valence-corrected chi connectivity index (χ4v) is 5.31. The number of rotatable bonds is 7. The second-order valence-corrected chi connectivity index (χ2v) is 9.80. The van der Waals surface area contributed by atoms with Crippen molar-refractivity contribution in [2.45, 2.75) is 42.8 Å². The van der Waals surface area contributed by atoms with Gasteiger partial charge in [-0.25, -0.2) is 0 Å². The molecule has 32 heavy (non-hydrogen) atoms. The molecule has 0 aliphatic rings. The molecular weight excluding hydrogens is 408 g/mol. The third-order valence-corrected chi connectivity index (χ3v) is 7.39. The molecule has 0 fully saturated rings. The van der Waals surface area contributed by atoms with E-state index in [9.17, 15) is 5.11 Å². The maximum absolute atomic E-state index is 11.4. The van der Waals surface area contributed by atoms with Crippen molar-refractivity contribution < 1.29 is 5.11 Å². The Balaban J connectivity index is 1.77. The fourth-order valence-electron chi connectivity index (χ4n) is 4.22. The number of hydrogen-bond acceptors (Lipinski definition) is 2. The van der Waals surface area contributed by atoms with Crippen LogP contribution >= 0.6 is 11.8 Å². The van der Waals surface area contributed by atoms with Gasteiger partial charge in [0.2, 0.25) is 0 Å². The second-order valence-electron chi connectivity index (χ2n) is 8.39. The molecule has 3 unspecified atom stereocenters. The van der Waals surface area contributed by atoms with Crippen molar-refractivity contribution in [3.8, 4) is 5.75 Å². The molecule has 4 rings (SSSR count). The Morgan fingerprint density at radius 3 is 1.34 bits per heavy atom. The van der Waals surface area contributed by atoms with Crippen molar-refractivity contribution in [1.29, 1.82) is 0 Å². The van der Waals surface area contributed by atoms with Gasteiger partial charge < -0.3 is 5.11 Å². The topological polar surface area (TPSA) is 20.2 Å². The van der Waals surface area contributed by atoms with E-state index < -0.39 is 0 Å². The Hall–Kier alpha value is -2.97. The normalized spacial score (nSPS) is 14.0. The van der Waals surface area contributed by atoms with Gasteiger partial charge in [-0.3, -0.25) is 0 Å². The molecule has 1 nitrogen and oxygen atoms in total. The van der Waals surface area contributed by atoms with Crippen LogP contribution in [0.4, 0.5) is 0 Å². The van der Waals surface area contributed by atoms with Crippen LogP contribution < -0.4 is 0 Å². The Morgan fingerprint density at radius 2 is 0.938 bits per heavy atom. The monoisotopic (exact) mass is 438 g/mol. The van der Waals surface area contributed by atoms with Gasteiger partial charge in [0.1, 0.15) is 5.75 Å². The van der Waals surface area contributed by atoms with Crippen LogP contribution in [0.2, 0.25) is 0 Å². The number of phenolic OH excluding ortho intramolecular Hbond substituents is 1. The smallest absolute Gasteiger partial charge is 0.123 e. The summed E-state index contributed by atoms with van der Waals surface area (Å²) < 4.78 is 0. The predicted molar refractivity (Wildman–Crippen MR) is 137 cm³/mol. The van der Waals surface area contributed by atoms with E-state index in [4.69, 9.17) is 0 Å². The van der Waals surface area contributed by atoms with Crippen LogP contribution in [0.5, 0.6) is 5.75 Å². The zero-order valence-electron chi connectivity index (χ0n) is 18.9. The Morgan fingerprint density at radius 1 is 0.562 bits per heavy atom. The largest absolute Gasteiger partial charge is 0.507 e. The van der Waals surface area contributed by atoms with Crippen LogP contribution in [0.1, 0.15) is 65.7 Å². The highest BCUT2D eigenvalue weighted by Gasteiger charge is 2.22. The first-order chi connectivity index (χ1) is 15.5. The lowest BCUT2D eigenvalue weighted by atomic mass is 9.86. The number of phenols is 1. The van der Waals surface area contributed by atoms with Gasteiger partial charge in [0.05, 0.1) is 0 Å². The molecule has 0 saturated heterocycles. The molecule has 4 aromatic carbocycles. The average molecular weight is 439 g/mol. The molecule has 0 radical (unpaired) electrons. The summed E-state index contributed by atoms with van der Waals surface area (Å²) in [5.41, 5.74) is 5.69. The van der Waals surface area contributed by atoms with Crippen molar-refractivity contribution in [3.63, 3.8) is 0 Å². The predicted octanol–water partition coefficient (Wildman–Crippen LogP) is 8.55. The van der Waals surface area contributed by atoms with E-state index in [0.29, 0.717) is 11.0 Å². The van der Waals surface area contributed by atoms with Crippen LogP contribution in [-0.2, 0) is 0 Å². The van der Waals surface area contributed by atoms with E-state index in [1.165, 1.54) is 21.6 Å². The molecule has 0 aliphatic heterocycles. The van der Waals surface area contributed by atoms with E-state index in [1.807, 2.05) is 23.9 Å². The molecule has 162 valence electrons. The van der Waals surface area contributed by atoms with E-state index in [2.05, 4.69) is 112 Å². The van der Waals surface area contributed by atoms with E-state index in [1.54, 1.807) is 0 Å². The van der Waals surface area contributed by atoms with Crippen LogP contribution in [0, 0.1) is 0 Å². The number of hydrogen-bond donors (Lipinski definition) is 1. The summed E-state index contributed by atoms with van der Waals surface area (Å²) in [7, 11) is 0. The maximum atomic E-state index is 11.4. The molecule has 4 aromatic rings. The van der Waals surface area contributed by atoms with Crippen molar-refractivity contribution >= 4 is 11.8 Å². The molecule has 0 heterocycles. The first-order valence-corrected chi connectivity index (χ1v) is 12.1. The standard InChI is InChI=1S/C30H30OS/c1-21(24-13-7-4-8-14-24)28-19-27(32-23(3)26-17-11-6-12-18-26)20-29(30(28)31)22(2)25-15-9-5-10-16-25/h4-23,31H,1-3H3. The zero-order chi connectivity index (χ0) is 22.5. The summed E-state index contributed by atoms with van der Waals surface area (Å²) in [5.74, 6) is 0.616. The molecule has 0 saturated carbocycles. The summed E-state index contributed by atoms with van der Waals surface area (Å²) >= 11 is 1.85. The van der Waals surface area contributed by atoms with Gasteiger partial charge in [-0.2, -0.15) is 0 Å². The maximum Gasteiger partial charge on any atom is 0.123 e. The molecular formula is C30H30OS. The lowest BCUT2D eigenvalue weighted by Crippen LogP contribution is -2.03. The van der Waals surface area contributed by atoms with Crippen molar-refractivity contribution in [2.24, 2.45) is 0 Å². The summed E-state index contributed by atoms with van der Waals surface area (Å²) in [4.78, 5) is 1.19. The molecule has 0 amide bonds. The van der Waals surface area contributed by atoms with Crippen LogP contribution in [0.3, 0.4) is 0 Å². The minimum atomic E-state index is 0.102. The number of aromatic hydroxyl groups is 1.